The van der Waals surface area contributed by atoms with Gasteiger partial charge in [0.1, 0.15) is 18.1 Å². The van der Waals surface area contributed by atoms with E-state index in [2.05, 4.69) is 10.3 Å². The zero-order valence-corrected chi connectivity index (χ0v) is 17.6. The lowest BCUT2D eigenvalue weighted by molar-refractivity contribution is -0.785. The van der Waals surface area contributed by atoms with Crippen molar-refractivity contribution >= 4 is 29.1 Å². The van der Waals surface area contributed by atoms with Gasteiger partial charge in [0, 0.05) is 24.4 Å². The maximum Gasteiger partial charge on any atom is 0.424 e. The number of likely N-dealkylation sites (tertiary alicyclic amines) is 1. The summed E-state index contributed by atoms with van der Waals surface area (Å²) in [5.41, 5.74) is 6.13. The van der Waals surface area contributed by atoms with Gasteiger partial charge in [-0.25, -0.2) is 14.6 Å². The number of carbonyl (C=O) groups is 3. The summed E-state index contributed by atoms with van der Waals surface area (Å²) in [6.07, 6.45) is 3.12. The minimum Gasteiger partial charge on any atom is -0.316 e. The van der Waals surface area contributed by atoms with Crippen LogP contribution in [0.3, 0.4) is 0 Å². The molecule has 1 aliphatic rings. The molecule has 1 aliphatic heterocycles. The Morgan fingerprint density at radius 1 is 1.26 bits per heavy atom. The lowest BCUT2D eigenvalue weighted by atomic mass is 9.99. The highest BCUT2D eigenvalue weighted by atomic mass is 32.1. The SMILES string of the molecule is CC(C)C(N)C(=O)[N@+]1(C(=O)NC(C(=O)c2nccs2)C(C)C)CCCC1C. The first-order chi connectivity index (χ1) is 12.6. The molecule has 3 unspecified atom stereocenters. The number of urea groups is 1. The van der Waals surface area contributed by atoms with Crippen LogP contribution in [0.4, 0.5) is 4.79 Å². The molecule has 0 saturated carbocycles. The lowest BCUT2D eigenvalue weighted by Crippen LogP contribution is -2.68. The van der Waals surface area contributed by atoms with E-state index in [1.165, 1.54) is 11.3 Å². The molecule has 0 radical (unpaired) electrons. The van der Waals surface area contributed by atoms with Crippen molar-refractivity contribution < 1.29 is 18.9 Å². The first-order valence-electron chi connectivity index (χ1n) is 9.55. The standard InChI is InChI=1S/C19H30N4O3S/c1-11(2)14(20)18(25)23(9-6-7-13(23)5)19(26)22-15(12(3)4)16(24)17-21-8-10-27-17/h8,10-15H,6-7,9,20H2,1-5H3/p+1/t13?,14?,15?,23-/m0/s1. The molecule has 8 heteroatoms. The number of hydrogen-bond acceptors (Lipinski definition) is 6. The number of carbonyl (C=O) groups excluding carboxylic acids is 3. The zero-order valence-electron chi connectivity index (χ0n) is 16.8. The van der Waals surface area contributed by atoms with Crippen molar-refractivity contribution in [3.05, 3.63) is 16.6 Å². The number of nitrogens with two attached hydrogens (primary N) is 1. The van der Waals surface area contributed by atoms with Crippen molar-refractivity contribution in [3.8, 4) is 0 Å². The van der Waals surface area contributed by atoms with Gasteiger partial charge < -0.3 is 5.73 Å². The molecule has 0 aromatic carbocycles. The fraction of sp³-hybridized carbons (Fsp3) is 0.684. The number of nitrogens with one attached hydrogen (secondary N) is 1. The molecule has 2 heterocycles. The summed E-state index contributed by atoms with van der Waals surface area (Å²) in [6.45, 7) is 9.82. The maximum atomic E-state index is 13.4. The Balaban J connectivity index is 2.32. The molecule has 0 spiro atoms. The van der Waals surface area contributed by atoms with Gasteiger partial charge in [0.15, 0.2) is 5.01 Å². The molecule has 150 valence electrons. The summed E-state index contributed by atoms with van der Waals surface area (Å²) in [5, 5.41) is 4.96. The molecule has 7 nitrogen and oxygen atoms in total. The quantitative estimate of drug-likeness (QED) is 0.569. The molecular formula is C19H31N4O3S+. The Labute approximate surface area is 164 Å². The smallest absolute Gasteiger partial charge is 0.316 e. The first kappa shape index (κ1) is 21.7. The van der Waals surface area contributed by atoms with Crippen LogP contribution in [0.15, 0.2) is 11.6 Å². The third kappa shape index (κ3) is 4.12. The van der Waals surface area contributed by atoms with Crippen LogP contribution >= 0.6 is 11.3 Å². The second-order valence-electron chi connectivity index (χ2n) is 8.06. The number of thiazole rings is 1. The van der Waals surface area contributed by atoms with Crippen molar-refractivity contribution in [2.45, 2.75) is 65.6 Å². The third-order valence-electron chi connectivity index (χ3n) is 5.52. The molecule has 0 bridgehead atoms. The Hall–Kier alpha value is -1.64. The maximum absolute atomic E-state index is 13.4. The highest BCUT2D eigenvalue weighted by Gasteiger charge is 2.55. The Morgan fingerprint density at radius 3 is 2.37 bits per heavy atom. The first-order valence-corrected chi connectivity index (χ1v) is 10.4. The number of ketones is 1. The Morgan fingerprint density at radius 2 is 1.93 bits per heavy atom. The topological polar surface area (TPSA) is 102 Å². The van der Waals surface area contributed by atoms with Crippen LogP contribution in [0.5, 0.6) is 0 Å². The second kappa shape index (κ2) is 8.58. The molecule has 1 fully saturated rings. The summed E-state index contributed by atoms with van der Waals surface area (Å²) in [6, 6.07) is -2.03. The van der Waals surface area contributed by atoms with E-state index in [1.807, 2.05) is 34.6 Å². The van der Waals surface area contributed by atoms with Crippen LogP contribution in [0.25, 0.3) is 0 Å². The van der Waals surface area contributed by atoms with Gasteiger partial charge >= 0.3 is 11.9 Å². The van der Waals surface area contributed by atoms with Gasteiger partial charge in [0.05, 0.1) is 6.54 Å². The van der Waals surface area contributed by atoms with Crippen molar-refractivity contribution in [3.63, 3.8) is 0 Å². The van der Waals surface area contributed by atoms with E-state index in [0.29, 0.717) is 11.6 Å². The van der Waals surface area contributed by atoms with Gasteiger partial charge in [-0.3, -0.25) is 10.1 Å². The zero-order chi connectivity index (χ0) is 20.4. The van der Waals surface area contributed by atoms with Crippen molar-refractivity contribution in [2.24, 2.45) is 17.6 Å². The molecular weight excluding hydrogens is 364 g/mol. The molecule has 1 aromatic heterocycles. The largest absolute Gasteiger partial charge is 0.424 e. The van der Waals surface area contributed by atoms with Crippen molar-refractivity contribution in [2.75, 3.05) is 6.54 Å². The minimum atomic E-state index is -0.727. The van der Waals surface area contributed by atoms with Crippen molar-refractivity contribution in [1.82, 2.24) is 10.3 Å². The van der Waals surface area contributed by atoms with Crippen LogP contribution in [-0.4, -0.2) is 51.9 Å². The Bertz CT molecular complexity index is 689. The van der Waals surface area contributed by atoms with E-state index < -0.39 is 18.1 Å². The van der Waals surface area contributed by atoms with E-state index >= 15 is 0 Å². The average Bonchev–Trinajstić information content (AvgIpc) is 3.27. The van der Waals surface area contributed by atoms with Crippen LogP contribution in [-0.2, 0) is 4.79 Å². The molecule has 1 aromatic rings. The van der Waals surface area contributed by atoms with Crippen LogP contribution in [0.1, 0.15) is 57.3 Å². The van der Waals surface area contributed by atoms with E-state index in [0.717, 1.165) is 12.8 Å². The summed E-state index contributed by atoms with van der Waals surface area (Å²) in [5.74, 6) is -0.682. The van der Waals surface area contributed by atoms with E-state index in [9.17, 15) is 14.4 Å². The second-order valence-corrected chi connectivity index (χ2v) is 8.96. The van der Waals surface area contributed by atoms with Crippen LogP contribution in [0.2, 0.25) is 0 Å². The fourth-order valence-electron chi connectivity index (χ4n) is 3.62. The van der Waals surface area contributed by atoms with Crippen molar-refractivity contribution in [1.29, 1.82) is 0 Å². The minimum absolute atomic E-state index is 0.0639. The number of rotatable bonds is 6. The predicted molar refractivity (Wildman–Crippen MR) is 105 cm³/mol. The van der Waals surface area contributed by atoms with Gasteiger partial charge in [0.2, 0.25) is 5.78 Å². The van der Waals surface area contributed by atoms with Gasteiger partial charge in [0.25, 0.3) is 0 Å². The summed E-state index contributed by atoms with van der Waals surface area (Å²) in [4.78, 5) is 43.4. The van der Waals surface area contributed by atoms with Gasteiger partial charge in [-0.05, 0) is 18.8 Å². The van der Waals surface area contributed by atoms with Crippen LogP contribution in [0, 0.1) is 11.8 Å². The summed E-state index contributed by atoms with van der Waals surface area (Å²) < 4.78 is -0.326. The molecule has 4 atom stereocenters. The van der Waals surface area contributed by atoms with Gasteiger partial charge in [-0.15, -0.1) is 11.3 Å². The number of imide groups is 1. The highest BCUT2D eigenvalue weighted by Crippen LogP contribution is 2.30. The van der Waals surface area contributed by atoms with E-state index in [1.54, 1.807) is 11.6 Å². The van der Waals surface area contributed by atoms with Crippen LogP contribution < -0.4 is 11.1 Å². The Kier molecular flexibility index (Phi) is 6.88. The number of hydrogen-bond donors (Lipinski definition) is 2. The fourth-order valence-corrected chi connectivity index (χ4v) is 4.23. The molecule has 27 heavy (non-hydrogen) atoms. The normalized spacial score (nSPS) is 24.8. The molecule has 2 rings (SSSR count). The molecule has 3 amide bonds. The number of Topliss-reactive ketones (excluding diaryl/α,β-unsaturated/α-hetero) is 1. The van der Waals surface area contributed by atoms with Gasteiger partial charge in [-0.1, -0.05) is 27.7 Å². The molecule has 1 saturated heterocycles. The molecule has 3 N–H and O–H groups in total. The molecule has 0 aliphatic carbocycles. The number of nitrogens with zero attached hydrogens (tertiary/aromatic N) is 2. The average molecular weight is 396 g/mol. The number of quaternary nitrogens is 1. The van der Waals surface area contributed by atoms with E-state index in [4.69, 9.17) is 5.73 Å². The number of aromatic nitrogens is 1. The third-order valence-corrected chi connectivity index (χ3v) is 6.30. The summed E-state index contributed by atoms with van der Waals surface area (Å²) in [7, 11) is 0. The lowest BCUT2D eigenvalue weighted by Gasteiger charge is -2.36. The summed E-state index contributed by atoms with van der Waals surface area (Å²) >= 11 is 1.25. The number of amides is 3. The van der Waals surface area contributed by atoms with E-state index in [-0.39, 0.29) is 34.1 Å². The predicted octanol–water partition coefficient (Wildman–Crippen LogP) is 2.57. The van der Waals surface area contributed by atoms with Gasteiger partial charge in [-0.2, -0.15) is 4.48 Å². The highest BCUT2D eigenvalue weighted by molar-refractivity contribution is 7.11. The monoisotopic (exact) mass is 395 g/mol.